The van der Waals surface area contributed by atoms with Crippen molar-refractivity contribution in [1.82, 2.24) is 10.3 Å². The average Bonchev–Trinajstić information content (AvgIpc) is 3.70. The van der Waals surface area contributed by atoms with E-state index in [4.69, 9.17) is 35.5 Å². The van der Waals surface area contributed by atoms with Gasteiger partial charge < -0.3 is 24.3 Å². The number of ether oxygens (including phenoxy) is 4. The fourth-order valence-electron chi connectivity index (χ4n) is 5.20. The van der Waals surface area contributed by atoms with E-state index in [0.29, 0.717) is 29.1 Å². The number of aryl methyl sites for hydroxylation is 1. The molecule has 1 atom stereocenters. The second-order valence-corrected chi connectivity index (χ2v) is 12.6. The number of carbonyl (C=O) groups is 2. The summed E-state index contributed by atoms with van der Waals surface area (Å²) < 4.78 is 22.1. The van der Waals surface area contributed by atoms with Crippen LogP contribution in [0.1, 0.15) is 48.9 Å². The molecule has 11 heteroatoms. The number of rotatable bonds is 11. The standard InChI is InChI=1S/C31H33ClN2O6S2/c1-20-16-23(32)10-11-25(20)42-28-24(40-30(36)38-14-13-37-2)17-31(34-29(28)35,22-12-15-41-19-22)26-8-5-9-27(33-26)39-18-21-6-3-4-7-21/h5,8-12,15-16,19,21H,3-4,6-7,13-14,17-18H2,1-2H3,(H,34,35). The lowest BCUT2D eigenvalue weighted by molar-refractivity contribution is -0.119. The number of thiophene rings is 1. The minimum absolute atomic E-state index is 0.0190. The number of amides is 1. The number of benzene rings is 1. The highest BCUT2D eigenvalue weighted by molar-refractivity contribution is 8.04. The Labute approximate surface area is 258 Å². The molecule has 5 rings (SSSR count). The highest BCUT2D eigenvalue weighted by Crippen LogP contribution is 2.45. The molecule has 0 bridgehead atoms. The predicted octanol–water partition coefficient (Wildman–Crippen LogP) is 7.24. The normalized spacial score (nSPS) is 19.1. The van der Waals surface area contributed by atoms with E-state index in [1.54, 1.807) is 6.07 Å². The van der Waals surface area contributed by atoms with Gasteiger partial charge in [0.15, 0.2) is 0 Å². The summed E-state index contributed by atoms with van der Waals surface area (Å²) in [6.45, 7) is 2.75. The molecule has 0 radical (unpaired) electrons. The molecular formula is C31H33ClN2O6S2. The van der Waals surface area contributed by atoms with Crippen LogP contribution in [0.2, 0.25) is 5.02 Å². The molecule has 1 aliphatic heterocycles. The minimum atomic E-state index is -1.11. The highest BCUT2D eigenvalue weighted by Gasteiger charge is 2.46. The smallest absolute Gasteiger partial charge is 0.477 e. The molecule has 42 heavy (non-hydrogen) atoms. The number of hydrogen-bond acceptors (Lipinski definition) is 9. The summed E-state index contributed by atoms with van der Waals surface area (Å²) in [6.07, 6.45) is 4.00. The maximum Gasteiger partial charge on any atom is 0.513 e. The van der Waals surface area contributed by atoms with E-state index in [-0.39, 0.29) is 30.3 Å². The van der Waals surface area contributed by atoms with Crippen molar-refractivity contribution >= 4 is 46.8 Å². The summed E-state index contributed by atoms with van der Waals surface area (Å²) in [4.78, 5) is 32.7. The van der Waals surface area contributed by atoms with Crippen molar-refractivity contribution in [2.24, 2.45) is 5.92 Å². The van der Waals surface area contributed by atoms with E-state index < -0.39 is 17.6 Å². The van der Waals surface area contributed by atoms with Crippen LogP contribution in [-0.4, -0.2) is 44.0 Å². The van der Waals surface area contributed by atoms with Gasteiger partial charge in [0, 0.05) is 29.5 Å². The molecule has 1 aliphatic carbocycles. The third-order valence-electron chi connectivity index (χ3n) is 7.39. The van der Waals surface area contributed by atoms with E-state index in [2.05, 4.69) is 5.32 Å². The Hall–Kier alpha value is -3.05. The number of halogens is 1. The summed E-state index contributed by atoms with van der Waals surface area (Å²) in [7, 11) is 1.51. The number of thioether (sulfide) groups is 1. The topological polar surface area (TPSA) is 96.0 Å². The van der Waals surface area contributed by atoms with Crippen molar-refractivity contribution in [2.45, 2.75) is 49.5 Å². The first-order valence-electron chi connectivity index (χ1n) is 13.8. The summed E-state index contributed by atoms with van der Waals surface area (Å²) in [5.74, 6) is 0.806. The van der Waals surface area contributed by atoms with Crippen LogP contribution in [-0.2, 0) is 24.5 Å². The Kier molecular flexibility index (Phi) is 10.1. The van der Waals surface area contributed by atoms with Crippen molar-refractivity contribution in [1.29, 1.82) is 0 Å². The van der Waals surface area contributed by atoms with Gasteiger partial charge in [-0.05, 0) is 77.9 Å². The Morgan fingerprint density at radius 1 is 1.19 bits per heavy atom. The van der Waals surface area contributed by atoms with Gasteiger partial charge in [0.25, 0.3) is 5.91 Å². The van der Waals surface area contributed by atoms with Crippen LogP contribution in [0, 0.1) is 12.8 Å². The molecule has 8 nitrogen and oxygen atoms in total. The fourth-order valence-corrected chi connectivity index (χ4v) is 7.11. The van der Waals surface area contributed by atoms with Crippen LogP contribution in [0.15, 0.2) is 68.8 Å². The Bertz CT molecular complexity index is 1440. The SMILES string of the molecule is COCCOC(=O)OC1=C(Sc2ccc(Cl)cc2C)C(=O)NC(c2ccsc2)(c2cccc(OCC3CCCC3)n2)C1. The zero-order valence-corrected chi connectivity index (χ0v) is 25.9. The average molecular weight is 629 g/mol. The lowest BCUT2D eigenvalue weighted by Crippen LogP contribution is -2.51. The highest BCUT2D eigenvalue weighted by atomic mass is 35.5. The van der Waals surface area contributed by atoms with Gasteiger partial charge in [-0.3, -0.25) is 4.79 Å². The summed E-state index contributed by atoms with van der Waals surface area (Å²) in [5, 5.41) is 7.72. The van der Waals surface area contributed by atoms with Crippen LogP contribution >= 0.6 is 34.7 Å². The number of nitrogens with zero attached hydrogens (tertiary/aromatic N) is 1. The number of hydrogen-bond donors (Lipinski definition) is 1. The molecule has 1 aromatic carbocycles. The summed E-state index contributed by atoms with van der Waals surface area (Å²) in [5.41, 5.74) is 1.18. The molecule has 3 aromatic rings. The Balaban J connectivity index is 1.52. The maximum absolute atomic E-state index is 14.0. The molecule has 1 unspecified atom stereocenters. The molecule has 0 saturated heterocycles. The maximum atomic E-state index is 14.0. The molecule has 1 saturated carbocycles. The van der Waals surface area contributed by atoms with Crippen LogP contribution < -0.4 is 10.1 Å². The van der Waals surface area contributed by atoms with Crippen LogP contribution in [0.25, 0.3) is 0 Å². The van der Waals surface area contributed by atoms with E-state index in [1.165, 1.54) is 43.1 Å². The van der Waals surface area contributed by atoms with Gasteiger partial charge >= 0.3 is 6.16 Å². The van der Waals surface area contributed by atoms with Crippen molar-refractivity contribution in [3.63, 3.8) is 0 Å². The van der Waals surface area contributed by atoms with Crippen molar-refractivity contribution < 1.29 is 28.5 Å². The Morgan fingerprint density at radius 2 is 2.02 bits per heavy atom. The van der Waals surface area contributed by atoms with Crippen molar-refractivity contribution in [3.8, 4) is 5.88 Å². The van der Waals surface area contributed by atoms with Crippen LogP contribution in [0.4, 0.5) is 4.79 Å². The molecule has 2 aromatic heterocycles. The van der Waals surface area contributed by atoms with Gasteiger partial charge in [-0.15, -0.1) is 0 Å². The van der Waals surface area contributed by atoms with Gasteiger partial charge in [-0.1, -0.05) is 42.3 Å². The van der Waals surface area contributed by atoms with E-state index in [0.717, 1.165) is 28.9 Å². The predicted molar refractivity (Wildman–Crippen MR) is 163 cm³/mol. The first kappa shape index (κ1) is 30.4. The molecule has 222 valence electrons. The number of methoxy groups -OCH3 is 1. The van der Waals surface area contributed by atoms with Crippen molar-refractivity contribution in [2.75, 3.05) is 26.9 Å². The second-order valence-electron chi connectivity index (χ2n) is 10.3. The molecule has 0 spiro atoms. The van der Waals surface area contributed by atoms with Crippen LogP contribution in [0.3, 0.4) is 0 Å². The lowest BCUT2D eigenvalue weighted by atomic mass is 9.81. The molecule has 1 amide bonds. The zero-order valence-electron chi connectivity index (χ0n) is 23.5. The van der Waals surface area contributed by atoms with E-state index in [9.17, 15) is 9.59 Å². The quantitative estimate of drug-likeness (QED) is 0.175. The van der Waals surface area contributed by atoms with Crippen LogP contribution in [0.5, 0.6) is 5.88 Å². The molecule has 2 aliphatic rings. The van der Waals surface area contributed by atoms with Gasteiger partial charge in [0.05, 0.1) is 18.9 Å². The number of carbonyl (C=O) groups excluding carboxylic acids is 2. The largest absolute Gasteiger partial charge is 0.513 e. The zero-order chi connectivity index (χ0) is 29.5. The van der Waals surface area contributed by atoms with Gasteiger partial charge in [-0.25, -0.2) is 9.78 Å². The van der Waals surface area contributed by atoms with Crippen molar-refractivity contribution in [3.05, 3.63) is 85.7 Å². The second kappa shape index (κ2) is 13.9. The molecule has 3 heterocycles. The van der Waals surface area contributed by atoms with Gasteiger partial charge in [-0.2, -0.15) is 11.3 Å². The van der Waals surface area contributed by atoms with Gasteiger partial charge in [0.2, 0.25) is 5.88 Å². The minimum Gasteiger partial charge on any atom is -0.477 e. The molecule has 1 fully saturated rings. The molecular weight excluding hydrogens is 596 g/mol. The number of nitrogens with one attached hydrogen (secondary N) is 1. The molecule has 1 N–H and O–H groups in total. The summed E-state index contributed by atoms with van der Waals surface area (Å²) in [6, 6.07) is 12.9. The van der Waals surface area contributed by atoms with Gasteiger partial charge in [0.1, 0.15) is 22.8 Å². The number of pyridine rings is 1. The third-order valence-corrected chi connectivity index (χ3v) is 9.60. The summed E-state index contributed by atoms with van der Waals surface area (Å²) >= 11 is 8.89. The first-order valence-corrected chi connectivity index (χ1v) is 16.0. The lowest BCUT2D eigenvalue weighted by Gasteiger charge is -2.38. The monoisotopic (exact) mass is 628 g/mol. The third kappa shape index (κ3) is 7.11. The fraction of sp³-hybridized carbons (Fsp3) is 0.387. The first-order chi connectivity index (χ1) is 20.4. The van der Waals surface area contributed by atoms with E-state index >= 15 is 0 Å². The Morgan fingerprint density at radius 3 is 2.76 bits per heavy atom. The number of aromatic nitrogens is 1. The van der Waals surface area contributed by atoms with E-state index in [1.807, 2.05) is 54.1 Å².